The highest BCUT2D eigenvalue weighted by Gasteiger charge is 2.22. The summed E-state index contributed by atoms with van der Waals surface area (Å²) >= 11 is 0. The fourth-order valence-corrected chi connectivity index (χ4v) is 2.05. The molecule has 1 aromatic rings. The van der Waals surface area contributed by atoms with Gasteiger partial charge in [-0.25, -0.2) is 0 Å². The van der Waals surface area contributed by atoms with Crippen molar-refractivity contribution in [2.24, 2.45) is 0 Å². The Labute approximate surface area is 101 Å². The fraction of sp³-hybridized carbons (Fsp3) is 0.462. The monoisotopic (exact) mass is 234 g/mol. The molecule has 1 amide bonds. The Morgan fingerprint density at radius 2 is 2.35 bits per heavy atom. The van der Waals surface area contributed by atoms with Crippen LogP contribution < -0.4 is 15.4 Å². The molecular weight excluding hydrogens is 216 g/mol. The molecule has 0 aromatic heterocycles. The molecule has 0 aliphatic carbocycles. The molecule has 2 N–H and O–H groups in total. The van der Waals surface area contributed by atoms with Gasteiger partial charge < -0.3 is 15.4 Å². The number of nitrogens with one attached hydrogen (secondary N) is 2. The van der Waals surface area contributed by atoms with E-state index in [-0.39, 0.29) is 11.9 Å². The van der Waals surface area contributed by atoms with Gasteiger partial charge in [0.25, 0.3) is 0 Å². The van der Waals surface area contributed by atoms with Gasteiger partial charge in [0.15, 0.2) is 0 Å². The second-order valence-corrected chi connectivity index (χ2v) is 4.34. The number of carbonyl (C=O) groups is 1. The van der Waals surface area contributed by atoms with Gasteiger partial charge in [0.1, 0.15) is 5.75 Å². The summed E-state index contributed by atoms with van der Waals surface area (Å²) < 4.78 is 5.23. The third kappa shape index (κ3) is 2.77. The van der Waals surface area contributed by atoms with E-state index in [1.807, 2.05) is 25.1 Å². The molecule has 4 heteroatoms. The van der Waals surface area contributed by atoms with E-state index in [0.717, 1.165) is 30.6 Å². The molecule has 4 nitrogen and oxygen atoms in total. The van der Waals surface area contributed by atoms with Crippen molar-refractivity contribution < 1.29 is 9.53 Å². The molecule has 1 aliphatic rings. The summed E-state index contributed by atoms with van der Waals surface area (Å²) in [6.45, 7) is 2.91. The van der Waals surface area contributed by atoms with E-state index in [1.165, 1.54) is 0 Å². The predicted octanol–water partition coefficient (Wildman–Crippen LogP) is 1.69. The van der Waals surface area contributed by atoms with Gasteiger partial charge in [0.05, 0.1) is 18.8 Å². The maximum atomic E-state index is 12.0. The summed E-state index contributed by atoms with van der Waals surface area (Å²) in [5.74, 6) is 0.716. The molecule has 2 rings (SSSR count). The average Bonchev–Trinajstić information content (AvgIpc) is 2.83. The Morgan fingerprint density at radius 3 is 3.00 bits per heavy atom. The van der Waals surface area contributed by atoms with Gasteiger partial charge in [0, 0.05) is 0 Å². The topological polar surface area (TPSA) is 50.4 Å². The maximum absolute atomic E-state index is 12.0. The number of aryl methyl sites for hydroxylation is 1. The number of methoxy groups -OCH3 is 1. The first-order chi connectivity index (χ1) is 8.20. The van der Waals surface area contributed by atoms with E-state index in [9.17, 15) is 4.79 Å². The Morgan fingerprint density at radius 1 is 1.53 bits per heavy atom. The minimum Gasteiger partial charge on any atom is -0.495 e. The predicted molar refractivity (Wildman–Crippen MR) is 67.4 cm³/mol. The lowest BCUT2D eigenvalue weighted by Crippen LogP contribution is -2.35. The van der Waals surface area contributed by atoms with E-state index in [4.69, 9.17) is 4.74 Å². The van der Waals surface area contributed by atoms with Gasteiger partial charge >= 0.3 is 0 Å². The zero-order chi connectivity index (χ0) is 12.3. The van der Waals surface area contributed by atoms with Crippen LogP contribution in [0.4, 0.5) is 5.69 Å². The number of rotatable bonds is 3. The zero-order valence-corrected chi connectivity index (χ0v) is 10.2. The highest BCUT2D eigenvalue weighted by molar-refractivity contribution is 5.96. The van der Waals surface area contributed by atoms with Gasteiger partial charge in [-0.3, -0.25) is 4.79 Å². The standard InChI is InChI=1S/C13H18N2O2/c1-9-5-6-12(17-2)11(8-9)15-13(16)10-4-3-7-14-10/h5-6,8,10,14H,3-4,7H2,1-2H3,(H,15,16)/t10-/m0/s1. The maximum Gasteiger partial charge on any atom is 0.241 e. The van der Waals surface area contributed by atoms with E-state index in [0.29, 0.717) is 5.75 Å². The van der Waals surface area contributed by atoms with Crippen LogP contribution in [0.5, 0.6) is 5.75 Å². The third-order valence-electron chi connectivity index (χ3n) is 2.99. The summed E-state index contributed by atoms with van der Waals surface area (Å²) in [5.41, 5.74) is 1.84. The van der Waals surface area contributed by atoms with Gasteiger partial charge in [-0.2, -0.15) is 0 Å². The van der Waals surface area contributed by atoms with Gasteiger partial charge in [0.2, 0.25) is 5.91 Å². The van der Waals surface area contributed by atoms with Crippen LogP contribution in [-0.4, -0.2) is 25.6 Å². The van der Waals surface area contributed by atoms with Crippen LogP contribution in [-0.2, 0) is 4.79 Å². The van der Waals surface area contributed by atoms with Crippen LogP contribution in [0.15, 0.2) is 18.2 Å². The Hall–Kier alpha value is -1.55. The van der Waals surface area contributed by atoms with Gasteiger partial charge in [-0.05, 0) is 44.0 Å². The normalized spacial score (nSPS) is 19.1. The van der Waals surface area contributed by atoms with Gasteiger partial charge in [-0.1, -0.05) is 6.07 Å². The van der Waals surface area contributed by atoms with Crippen LogP contribution >= 0.6 is 0 Å². The van der Waals surface area contributed by atoms with Crippen molar-refractivity contribution in [2.75, 3.05) is 19.0 Å². The first-order valence-corrected chi connectivity index (χ1v) is 5.89. The van der Waals surface area contributed by atoms with Crippen molar-refractivity contribution in [1.29, 1.82) is 0 Å². The quantitative estimate of drug-likeness (QED) is 0.837. The number of hydrogen-bond donors (Lipinski definition) is 2. The van der Waals surface area contributed by atoms with E-state index >= 15 is 0 Å². The lowest BCUT2D eigenvalue weighted by Gasteiger charge is -2.14. The smallest absolute Gasteiger partial charge is 0.241 e. The molecular formula is C13H18N2O2. The van der Waals surface area contributed by atoms with Crippen LogP contribution in [0.2, 0.25) is 0 Å². The zero-order valence-electron chi connectivity index (χ0n) is 10.2. The van der Waals surface area contributed by atoms with Gasteiger partial charge in [-0.15, -0.1) is 0 Å². The third-order valence-corrected chi connectivity index (χ3v) is 2.99. The molecule has 0 radical (unpaired) electrons. The first kappa shape index (κ1) is 11.9. The van der Waals surface area contributed by atoms with Crippen molar-refractivity contribution in [1.82, 2.24) is 5.32 Å². The largest absolute Gasteiger partial charge is 0.495 e. The van der Waals surface area contributed by atoms with Crippen LogP contribution in [0.3, 0.4) is 0 Å². The van der Waals surface area contributed by atoms with E-state index in [2.05, 4.69) is 10.6 Å². The fourth-order valence-electron chi connectivity index (χ4n) is 2.05. The molecule has 1 aliphatic heterocycles. The molecule has 0 bridgehead atoms. The summed E-state index contributed by atoms with van der Waals surface area (Å²) in [6.07, 6.45) is 1.96. The molecule has 1 atom stereocenters. The Balaban J connectivity index is 2.11. The molecule has 1 fully saturated rings. The SMILES string of the molecule is COc1ccc(C)cc1NC(=O)[C@@H]1CCCN1. The summed E-state index contributed by atoms with van der Waals surface area (Å²) in [5, 5.41) is 6.09. The number of ether oxygens (including phenoxy) is 1. The molecule has 0 spiro atoms. The highest BCUT2D eigenvalue weighted by atomic mass is 16.5. The van der Waals surface area contributed by atoms with Crippen LogP contribution in [0, 0.1) is 6.92 Å². The molecule has 17 heavy (non-hydrogen) atoms. The van der Waals surface area contributed by atoms with Crippen molar-refractivity contribution >= 4 is 11.6 Å². The molecule has 1 aromatic carbocycles. The lowest BCUT2D eigenvalue weighted by molar-refractivity contribution is -0.117. The Bertz CT molecular complexity index is 412. The number of benzene rings is 1. The van der Waals surface area contributed by atoms with Crippen LogP contribution in [0.1, 0.15) is 18.4 Å². The van der Waals surface area contributed by atoms with Crippen molar-refractivity contribution in [3.63, 3.8) is 0 Å². The highest BCUT2D eigenvalue weighted by Crippen LogP contribution is 2.25. The lowest BCUT2D eigenvalue weighted by atomic mass is 10.2. The second kappa shape index (κ2) is 5.19. The van der Waals surface area contributed by atoms with Crippen molar-refractivity contribution in [3.8, 4) is 5.75 Å². The number of anilines is 1. The molecule has 0 unspecified atom stereocenters. The number of carbonyl (C=O) groups excluding carboxylic acids is 1. The molecule has 1 heterocycles. The second-order valence-electron chi connectivity index (χ2n) is 4.34. The van der Waals surface area contributed by atoms with E-state index < -0.39 is 0 Å². The summed E-state index contributed by atoms with van der Waals surface area (Å²) in [7, 11) is 1.61. The molecule has 92 valence electrons. The van der Waals surface area contributed by atoms with Crippen LogP contribution in [0.25, 0.3) is 0 Å². The Kier molecular flexibility index (Phi) is 3.64. The van der Waals surface area contributed by atoms with E-state index in [1.54, 1.807) is 7.11 Å². The minimum absolute atomic E-state index is 0.0198. The molecule has 0 saturated carbocycles. The average molecular weight is 234 g/mol. The summed E-state index contributed by atoms with van der Waals surface area (Å²) in [4.78, 5) is 12.0. The summed E-state index contributed by atoms with van der Waals surface area (Å²) in [6, 6.07) is 5.68. The van der Waals surface area contributed by atoms with Crippen molar-refractivity contribution in [2.45, 2.75) is 25.8 Å². The minimum atomic E-state index is -0.0692. The first-order valence-electron chi connectivity index (χ1n) is 5.89. The van der Waals surface area contributed by atoms with Crippen molar-refractivity contribution in [3.05, 3.63) is 23.8 Å². The number of hydrogen-bond acceptors (Lipinski definition) is 3. The molecule has 1 saturated heterocycles. The number of amides is 1.